The van der Waals surface area contributed by atoms with E-state index in [0.29, 0.717) is 12.2 Å². The number of carbonyl (C=O) groups excluding carboxylic acids is 2. The van der Waals surface area contributed by atoms with Gasteiger partial charge in [0.05, 0.1) is 10.9 Å². The number of thioether (sulfide) groups is 1. The van der Waals surface area contributed by atoms with Gasteiger partial charge in [-0.2, -0.15) is 0 Å². The molecule has 0 spiro atoms. The normalized spacial score (nSPS) is 24.8. The van der Waals surface area contributed by atoms with Crippen LogP contribution < -0.4 is 5.32 Å². The number of carbonyl (C=O) groups is 2. The van der Waals surface area contributed by atoms with E-state index in [1.165, 1.54) is 0 Å². The van der Waals surface area contributed by atoms with Gasteiger partial charge in [-0.1, -0.05) is 60.7 Å². The molecule has 2 amide bonds. The molecule has 2 aliphatic rings. The van der Waals surface area contributed by atoms with E-state index in [1.807, 2.05) is 60.7 Å². The predicted octanol–water partition coefficient (Wildman–Crippen LogP) is 3.35. The molecule has 0 aromatic heterocycles. The first-order chi connectivity index (χ1) is 12.6. The molecule has 2 atom stereocenters. The van der Waals surface area contributed by atoms with Crippen LogP contribution in [0.25, 0.3) is 0 Å². The number of amides is 2. The zero-order chi connectivity index (χ0) is 18.1. The van der Waals surface area contributed by atoms with Gasteiger partial charge in [0.25, 0.3) is 0 Å². The van der Waals surface area contributed by atoms with Crippen LogP contribution in [-0.4, -0.2) is 33.4 Å². The molecule has 0 bridgehead atoms. The number of hydrogen-bond donors (Lipinski definition) is 1. The second kappa shape index (κ2) is 6.80. The zero-order valence-electron chi connectivity index (χ0n) is 14.7. The van der Waals surface area contributed by atoms with Gasteiger partial charge in [0, 0.05) is 12.2 Å². The van der Waals surface area contributed by atoms with Crippen molar-refractivity contribution in [1.29, 1.82) is 0 Å². The Bertz CT molecular complexity index is 772. The summed E-state index contributed by atoms with van der Waals surface area (Å²) in [6.07, 6.45) is 1.36. The maximum absolute atomic E-state index is 13.1. The van der Waals surface area contributed by atoms with Gasteiger partial charge < -0.3 is 10.2 Å². The van der Waals surface area contributed by atoms with Crippen molar-refractivity contribution in [2.75, 3.05) is 5.75 Å². The highest BCUT2D eigenvalue weighted by molar-refractivity contribution is 8.01. The van der Waals surface area contributed by atoms with Crippen LogP contribution in [0.2, 0.25) is 0 Å². The number of nitrogens with one attached hydrogen (secondary N) is 1. The van der Waals surface area contributed by atoms with E-state index in [-0.39, 0.29) is 22.7 Å². The Labute approximate surface area is 158 Å². The first kappa shape index (κ1) is 17.2. The van der Waals surface area contributed by atoms with Gasteiger partial charge in [0.15, 0.2) is 0 Å². The van der Waals surface area contributed by atoms with Crippen molar-refractivity contribution in [2.24, 2.45) is 0 Å². The minimum atomic E-state index is -0.394. The van der Waals surface area contributed by atoms with E-state index < -0.39 is 6.04 Å². The monoisotopic (exact) mass is 366 g/mol. The molecule has 2 aromatic rings. The maximum atomic E-state index is 13.1. The van der Waals surface area contributed by atoms with Crippen molar-refractivity contribution in [2.45, 2.75) is 36.7 Å². The van der Waals surface area contributed by atoms with E-state index in [0.717, 1.165) is 17.5 Å². The molecular weight excluding hydrogens is 344 g/mol. The van der Waals surface area contributed by atoms with Gasteiger partial charge in [-0.3, -0.25) is 9.59 Å². The molecule has 4 nitrogen and oxygen atoms in total. The minimum absolute atomic E-state index is 0.0748. The summed E-state index contributed by atoms with van der Waals surface area (Å²) in [6.45, 7) is 2.07. The van der Waals surface area contributed by atoms with E-state index in [1.54, 1.807) is 16.7 Å². The van der Waals surface area contributed by atoms with E-state index in [2.05, 4.69) is 12.2 Å². The lowest BCUT2D eigenvalue weighted by Crippen LogP contribution is -2.50. The molecule has 2 aromatic carbocycles. The molecule has 5 heteroatoms. The highest BCUT2D eigenvalue weighted by atomic mass is 32.2. The third-order valence-electron chi connectivity index (χ3n) is 5.30. The summed E-state index contributed by atoms with van der Waals surface area (Å²) in [5, 5.41) is 3.20. The lowest BCUT2D eigenvalue weighted by atomic mass is 9.98. The summed E-state index contributed by atoms with van der Waals surface area (Å²) in [7, 11) is 0. The highest BCUT2D eigenvalue weighted by Crippen LogP contribution is 2.47. The van der Waals surface area contributed by atoms with Gasteiger partial charge in [0.2, 0.25) is 11.8 Å². The molecule has 2 heterocycles. The predicted molar refractivity (Wildman–Crippen MR) is 104 cm³/mol. The van der Waals surface area contributed by atoms with Gasteiger partial charge in [-0.25, -0.2) is 0 Å². The van der Waals surface area contributed by atoms with Gasteiger partial charge in [-0.15, -0.1) is 11.8 Å². The molecule has 0 saturated carbocycles. The fourth-order valence-corrected chi connectivity index (χ4v) is 5.34. The summed E-state index contributed by atoms with van der Waals surface area (Å²) in [4.78, 5) is 27.0. The largest absolute Gasteiger partial charge is 0.343 e. The molecular formula is C21H22N2O2S. The molecule has 1 N–H and O–H groups in total. The Morgan fingerprint density at radius 1 is 1.12 bits per heavy atom. The van der Waals surface area contributed by atoms with Crippen molar-refractivity contribution in [3.05, 3.63) is 71.8 Å². The Kier molecular flexibility index (Phi) is 4.49. The summed E-state index contributed by atoms with van der Waals surface area (Å²) in [5.41, 5.74) is 2.07. The molecule has 4 rings (SSSR count). The Balaban J connectivity index is 1.60. The lowest BCUT2D eigenvalue weighted by Gasteiger charge is -2.31. The molecule has 0 aliphatic carbocycles. The lowest BCUT2D eigenvalue weighted by molar-refractivity contribution is -0.138. The Hall–Kier alpha value is -2.27. The third-order valence-corrected chi connectivity index (χ3v) is 6.81. The smallest absolute Gasteiger partial charge is 0.244 e. The SMILES string of the molecule is C[C@@]12CCC(=O)N1[C@@H](C(=O)NC(c1ccccc1)c1ccccc1)CS2. The van der Waals surface area contributed by atoms with E-state index in [4.69, 9.17) is 0 Å². The fourth-order valence-electron chi connectivity index (χ4n) is 3.90. The van der Waals surface area contributed by atoms with Crippen LogP contribution in [0.5, 0.6) is 0 Å². The standard InChI is InChI=1S/C21H22N2O2S/c1-21-13-12-18(24)23(21)17(14-26-21)20(25)22-19(15-8-4-2-5-9-15)16-10-6-3-7-11-16/h2-11,17,19H,12-14H2,1H3,(H,22,25)/t17-,21-/m1/s1. The quantitative estimate of drug-likeness (QED) is 0.903. The second-order valence-electron chi connectivity index (χ2n) is 7.03. The third kappa shape index (κ3) is 3.01. The Morgan fingerprint density at radius 2 is 1.69 bits per heavy atom. The van der Waals surface area contributed by atoms with Crippen LogP contribution in [0.3, 0.4) is 0 Å². The molecule has 2 fully saturated rings. The number of hydrogen-bond acceptors (Lipinski definition) is 3. The number of fused-ring (bicyclic) bond motifs is 1. The summed E-state index contributed by atoms with van der Waals surface area (Å²) in [5.74, 6) is 0.674. The van der Waals surface area contributed by atoms with Gasteiger partial charge >= 0.3 is 0 Å². The second-order valence-corrected chi connectivity index (χ2v) is 8.53. The van der Waals surface area contributed by atoms with Crippen LogP contribution in [0.1, 0.15) is 36.9 Å². The number of benzene rings is 2. The first-order valence-electron chi connectivity index (χ1n) is 8.95. The minimum Gasteiger partial charge on any atom is -0.343 e. The molecule has 134 valence electrons. The van der Waals surface area contributed by atoms with Crippen LogP contribution in [0.15, 0.2) is 60.7 Å². The van der Waals surface area contributed by atoms with Crippen LogP contribution in [0.4, 0.5) is 0 Å². The average molecular weight is 366 g/mol. The van der Waals surface area contributed by atoms with Crippen molar-refractivity contribution in [3.63, 3.8) is 0 Å². The van der Waals surface area contributed by atoms with Crippen molar-refractivity contribution < 1.29 is 9.59 Å². The highest BCUT2D eigenvalue weighted by Gasteiger charge is 2.53. The van der Waals surface area contributed by atoms with Crippen molar-refractivity contribution in [1.82, 2.24) is 10.2 Å². The van der Waals surface area contributed by atoms with E-state index >= 15 is 0 Å². The molecule has 2 aliphatic heterocycles. The Morgan fingerprint density at radius 3 is 2.27 bits per heavy atom. The van der Waals surface area contributed by atoms with Crippen LogP contribution in [-0.2, 0) is 9.59 Å². The van der Waals surface area contributed by atoms with Crippen molar-refractivity contribution in [3.8, 4) is 0 Å². The zero-order valence-corrected chi connectivity index (χ0v) is 15.5. The molecule has 0 unspecified atom stereocenters. The average Bonchev–Trinajstić information content (AvgIpc) is 3.17. The molecule has 2 saturated heterocycles. The van der Waals surface area contributed by atoms with Crippen molar-refractivity contribution >= 4 is 23.6 Å². The maximum Gasteiger partial charge on any atom is 0.244 e. The summed E-state index contributed by atoms with van der Waals surface area (Å²) >= 11 is 1.72. The van der Waals surface area contributed by atoms with Crippen LogP contribution >= 0.6 is 11.8 Å². The fraction of sp³-hybridized carbons (Fsp3) is 0.333. The summed E-state index contributed by atoms with van der Waals surface area (Å²) < 4.78 is 0. The topological polar surface area (TPSA) is 49.4 Å². The van der Waals surface area contributed by atoms with E-state index in [9.17, 15) is 9.59 Å². The number of rotatable bonds is 4. The molecule has 26 heavy (non-hydrogen) atoms. The van der Waals surface area contributed by atoms with Crippen LogP contribution in [0, 0.1) is 0 Å². The summed E-state index contributed by atoms with van der Waals surface area (Å²) in [6, 6.07) is 19.3. The van der Waals surface area contributed by atoms with Gasteiger partial charge in [-0.05, 0) is 24.5 Å². The number of nitrogens with zero attached hydrogens (tertiary/aromatic N) is 1. The first-order valence-corrected chi connectivity index (χ1v) is 9.93. The van der Waals surface area contributed by atoms with Gasteiger partial charge in [0.1, 0.15) is 6.04 Å². The molecule has 0 radical (unpaired) electrons.